The minimum atomic E-state index is -1.22. The largest absolute Gasteiger partial charge is 0.444 e. The van der Waals surface area contributed by atoms with Gasteiger partial charge in [0, 0.05) is 16.7 Å². The second-order valence-corrected chi connectivity index (χ2v) is 7.83. The average molecular weight is 447 g/mol. The van der Waals surface area contributed by atoms with Crippen LogP contribution >= 0.6 is 0 Å². The Morgan fingerprint density at radius 2 is 1.52 bits per heavy atom. The van der Waals surface area contributed by atoms with E-state index in [1.807, 2.05) is 30.3 Å². The Morgan fingerprint density at radius 1 is 0.939 bits per heavy atom. The predicted octanol–water partition coefficient (Wildman–Crippen LogP) is 2.22. The molecule has 8 heteroatoms. The van der Waals surface area contributed by atoms with E-state index in [4.69, 9.17) is 9.94 Å². The highest BCUT2D eigenvalue weighted by Gasteiger charge is 2.23. The smallest absolute Gasteiger partial charge is 0.407 e. The number of alkyl carbamates (subject to hydrolysis) is 1. The molecule has 2 aromatic carbocycles. The van der Waals surface area contributed by atoms with Crippen LogP contribution in [0.25, 0.3) is 0 Å². The van der Waals surface area contributed by atoms with Gasteiger partial charge in [0.15, 0.2) is 0 Å². The fraction of sp³-hybridized carbons (Fsp3) is 0.240. The van der Waals surface area contributed by atoms with Gasteiger partial charge in [-0.25, -0.2) is 10.3 Å². The zero-order valence-corrected chi connectivity index (χ0v) is 18.6. The van der Waals surface area contributed by atoms with Crippen LogP contribution in [0.1, 0.15) is 42.3 Å². The number of nitrogens with one attached hydrogen (secondary N) is 3. The van der Waals surface area contributed by atoms with E-state index in [1.165, 1.54) is 5.48 Å². The number of rotatable bonds is 5. The Morgan fingerprint density at radius 3 is 2.06 bits per heavy atom. The van der Waals surface area contributed by atoms with Crippen LogP contribution in [-0.2, 0) is 9.53 Å². The molecule has 0 fully saturated rings. The van der Waals surface area contributed by atoms with Gasteiger partial charge in [0.2, 0.25) is 0 Å². The molecule has 1 atom stereocenters. The first-order valence-corrected chi connectivity index (χ1v) is 10.1. The number of hydrogen-bond donors (Lipinski definition) is 4. The van der Waals surface area contributed by atoms with E-state index in [0.29, 0.717) is 5.56 Å². The van der Waals surface area contributed by atoms with Gasteiger partial charge < -0.3 is 15.4 Å². The molecule has 33 heavy (non-hydrogen) atoms. The molecule has 0 saturated heterocycles. The average Bonchev–Trinajstić information content (AvgIpc) is 2.78. The molecule has 8 nitrogen and oxygen atoms in total. The van der Waals surface area contributed by atoms with Crippen LogP contribution in [0.2, 0.25) is 0 Å². The molecular formula is C25H25N3O5. The van der Waals surface area contributed by atoms with Gasteiger partial charge in [-0.2, -0.15) is 0 Å². The zero-order valence-electron chi connectivity index (χ0n) is 18.6. The molecule has 3 amide bonds. The Labute approximate surface area is 192 Å². The Hall–Kier alpha value is -4.27. The number of carbonyl (C=O) groups is 3. The maximum absolute atomic E-state index is 12.5. The topological polar surface area (TPSA) is 117 Å². The molecule has 2 aromatic rings. The summed E-state index contributed by atoms with van der Waals surface area (Å²) in [5.41, 5.74) is 2.53. The van der Waals surface area contributed by atoms with E-state index in [9.17, 15) is 14.4 Å². The lowest BCUT2D eigenvalue weighted by Crippen LogP contribution is -2.52. The number of ether oxygens (including phenoxy) is 1. The predicted molar refractivity (Wildman–Crippen MR) is 122 cm³/mol. The highest BCUT2D eigenvalue weighted by molar-refractivity contribution is 5.97. The Balaban J connectivity index is 1.98. The van der Waals surface area contributed by atoms with Crippen molar-refractivity contribution < 1.29 is 24.3 Å². The lowest BCUT2D eigenvalue weighted by Gasteiger charge is -2.21. The fourth-order valence-electron chi connectivity index (χ4n) is 2.46. The van der Waals surface area contributed by atoms with Gasteiger partial charge in [0.25, 0.3) is 11.8 Å². The molecule has 1 unspecified atom stereocenters. The van der Waals surface area contributed by atoms with Gasteiger partial charge in [-0.15, -0.1) is 0 Å². The van der Waals surface area contributed by atoms with Gasteiger partial charge in [0.1, 0.15) is 11.6 Å². The molecule has 0 aliphatic carbocycles. The lowest BCUT2D eigenvalue weighted by atomic mass is 10.1. The molecule has 0 aliphatic heterocycles. The standard InChI is InChI=1S/C25H25N3O5/c1-25(2,3)33-24(31)26-17-21(23(30)28-32)27-22(29)20-15-13-19(14-16-20)12-8-7-11-18-9-5-4-6-10-18/h4-6,9-10,13-16,21,32H,17H2,1-3H3,(H,26,31)(H,27,29)(H,28,30). The number of carbonyl (C=O) groups excluding carboxylic acids is 3. The summed E-state index contributed by atoms with van der Waals surface area (Å²) in [5, 5.41) is 13.8. The van der Waals surface area contributed by atoms with Crippen LogP contribution < -0.4 is 16.1 Å². The van der Waals surface area contributed by atoms with Crippen LogP contribution in [0, 0.1) is 23.7 Å². The van der Waals surface area contributed by atoms with Crippen molar-refractivity contribution in [3.8, 4) is 23.7 Å². The van der Waals surface area contributed by atoms with Crippen LogP contribution in [0.15, 0.2) is 54.6 Å². The monoisotopic (exact) mass is 447 g/mol. The molecule has 0 spiro atoms. The molecule has 0 aromatic heterocycles. The SMILES string of the molecule is CC(C)(C)OC(=O)NCC(NC(=O)c1ccc(C#CC#Cc2ccccc2)cc1)C(=O)NO. The number of amides is 3. The molecule has 0 radical (unpaired) electrons. The molecule has 0 bridgehead atoms. The van der Waals surface area contributed by atoms with Crippen LogP contribution in [0.5, 0.6) is 0 Å². The maximum atomic E-state index is 12.5. The highest BCUT2D eigenvalue weighted by atomic mass is 16.6. The van der Waals surface area contributed by atoms with E-state index in [-0.39, 0.29) is 12.1 Å². The van der Waals surface area contributed by atoms with Crippen molar-refractivity contribution in [2.45, 2.75) is 32.4 Å². The zero-order chi connectivity index (χ0) is 24.3. The molecule has 0 aliphatic rings. The third-order valence-corrected chi connectivity index (χ3v) is 3.98. The van der Waals surface area contributed by atoms with Gasteiger partial charge in [0.05, 0.1) is 6.54 Å². The molecular weight excluding hydrogens is 422 g/mol. The second kappa shape index (κ2) is 11.9. The summed E-state index contributed by atoms with van der Waals surface area (Å²) in [6.07, 6.45) is -0.759. The molecule has 170 valence electrons. The molecule has 0 heterocycles. The van der Waals surface area contributed by atoms with Crippen LogP contribution in [0.3, 0.4) is 0 Å². The van der Waals surface area contributed by atoms with Gasteiger partial charge in [-0.3, -0.25) is 14.8 Å². The summed E-state index contributed by atoms with van der Waals surface area (Å²) >= 11 is 0. The van der Waals surface area contributed by atoms with Crippen molar-refractivity contribution >= 4 is 17.9 Å². The van der Waals surface area contributed by atoms with Gasteiger partial charge in [-0.1, -0.05) is 30.0 Å². The Kier molecular flexibility index (Phi) is 9.05. The summed E-state index contributed by atoms with van der Waals surface area (Å²) in [6, 6.07) is 14.6. The minimum Gasteiger partial charge on any atom is -0.444 e. The maximum Gasteiger partial charge on any atom is 0.407 e. The second-order valence-electron chi connectivity index (χ2n) is 7.83. The van der Waals surface area contributed by atoms with Crippen molar-refractivity contribution in [3.05, 3.63) is 71.3 Å². The van der Waals surface area contributed by atoms with Crippen molar-refractivity contribution in [3.63, 3.8) is 0 Å². The summed E-state index contributed by atoms with van der Waals surface area (Å²) in [4.78, 5) is 36.2. The van der Waals surface area contributed by atoms with E-state index in [1.54, 1.807) is 45.0 Å². The van der Waals surface area contributed by atoms with Crippen LogP contribution in [0.4, 0.5) is 4.79 Å². The lowest BCUT2D eigenvalue weighted by molar-refractivity contribution is -0.131. The number of hydroxylamine groups is 1. The number of benzene rings is 2. The van der Waals surface area contributed by atoms with E-state index in [0.717, 1.165) is 5.56 Å². The van der Waals surface area contributed by atoms with Gasteiger partial charge >= 0.3 is 6.09 Å². The first-order valence-electron chi connectivity index (χ1n) is 10.1. The van der Waals surface area contributed by atoms with Gasteiger partial charge in [-0.05, 0) is 69.0 Å². The third-order valence-electron chi connectivity index (χ3n) is 3.98. The minimum absolute atomic E-state index is 0.268. The highest BCUT2D eigenvalue weighted by Crippen LogP contribution is 2.07. The summed E-state index contributed by atoms with van der Waals surface area (Å²) in [7, 11) is 0. The van der Waals surface area contributed by atoms with E-state index in [2.05, 4.69) is 34.3 Å². The molecule has 4 N–H and O–H groups in total. The quantitative estimate of drug-likeness (QED) is 0.319. The first-order chi connectivity index (χ1) is 15.7. The number of hydrogen-bond acceptors (Lipinski definition) is 5. The van der Waals surface area contributed by atoms with Crippen molar-refractivity contribution in [2.24, 2.45) is 0 Å². The third kappa shape index (κ3) is 9.18. The fourth-order valence-corrected chi connectivity index (χ4v) is 2.46. The first kappa shape index (κ1) is 25.0. The summed E-state index contributed by atoms with van der Waals surface area (Å²) in [6.45, 7) is 4.79. The van der Waals surface area contributed by atoms with E-state index < -0.39 is 29.6 Å². The molecule has 0 saturated carbocycles. The van der Waals surface area contributed by atoms with Crippen molar-refractivity contribution in [2.75, 3.05) is 6.54 Å². The van der Waals surface area contributed by atoms with Crippen LogP contribution in [-0.4, -0.2) is 41.3 Å². The summed E-state index contributed by atoms with van der Waals surface area (Å²) in [5.74, 6) is 9.87. The Bertz CT molecular complexity index is 1100. The van der Waals surface area contributed by atoms with E-state index >= 15 is 0 Å². The van der Waals surface area contributed by atoms with Crippen molar-refractivity contribution in [1.29, 1.82) is 0 Å². The summed E-state index contributed by atoms with van der Waals surface area (Å²) < 4.78 is 5.09. The van der Waals surface area contributed by atoms with Crippen molar-refractivity contribution in [1.82, 2.24) is 16.1 Å². The molecule has 2 rings (SSSR count). The normalized spacial score (nSPS) is 10.9.